The van der Waals surface area contributed by atoms with Gasteiger partial charge in [0, 0.05) is 17.1 Å². The van der Waals surface area contributed by atoms with Crippen LogP contribution in [0.3, 0.4) is 0 Å². The molecule has 1 heterocycles. The molecule has 1 atom stereocenters. The largest absolute Gasteiger partial charge is 0.479 e. The van der Waals surface area contributed by atoms with Crippen LogP contribution in [0.5, 0.6) is 0 Å². The van der Waals surface area contributed by atoms with E-state index in [0.29, 0.717) is 36.0 Å². The Hall–Kier alpha value is -1.63. The number of hydrogen-bond donors (Lipinski definition) is 1. The average Bonchev–Trinajstić information content (AvgIpc) is 2.83. The van der Waals surface area contributed by atoms with Gasteiger partial charge in [-0.1, -0.05) is 22.9 Å². The Bertz CT molecular complexity index is 563. The van der Waals surface area contributed by atoms with Gasteiger partial charge in [0.05, 0.1) is 4.92 Å². The van der Waals surface area contributed by atoms with Crippen LogP contribution in [0.15, 0.2) is 22.7 Å². The molecule has 0 bridgehead atoms. The smallest absolute Gasteiger partial charge is 0.329 e. The predicted molar refractivity (Wildman–Crippen MR) is 78.0 cm³/mol. The summed E-state index contributed by atoms with van der Waals surface area (Å²) in [5.74, 6) is -0.924. The maximum absolute atomic E-state index is 11.7. The zero-order valence-electron chi connectivity index (χ0n) is 11.0. The van der Waals surface area contributed by atoms with Gasteiger partial charge in [-0.3, -0.25) is 10.1 Å². The van der Waals surface area contributed by atoms with Crippen LogP contribution in [-0.2, 0) is 4.79 Å². The van der Waals surface area contributed by atoms with Gasteiger partial charge in [0.25, 0.3) is 5.69 Å². The third kappa shape index (κ3) is 2.26. The first kappa shape index (κ1) is 14.8. The Labute approximate surface area is 124 Å². The topological polar surface area (TPSA) is 83.7 Å². The van der Waals surface area contributed by atoms with Gasteiger partial charge in [-0.15, -0.1) is 0 Å². The second-order valence-corrected chi connectivity index (χ2v) is 5.75. The normalized spacial score (nSPS) is 22.0. The van der Waals surface area contributed by atoms with Crippen molar-refractivity contribution < 1.29 is 14.8 Å². The highest BCUT2D eigenvalue weighted by atomic mass is 79.9. The van der Waals surface area contributed by atoms with Gasteiger partial charge in [-0.05, 0) is 31.4 Å². The summed E-state index contributed by atoms with van der Waals surface area (Å²) in [6.07, 6.45) is 1.62. The third-order valence-electron chi connectivity index (χ3n) is 3.90. The number of hydrogen-bond acceptors (Lipinski definition) is 4. The van der Waals surface area contributed by atoms with Gasteiger partial charge in [-0.25, -0.2) is 4.79 Å². The van der Waals surface area contributed by atoms with E-state index in [1.54, 1.807) is 24.0 Å². The zero-order chi connectivity index (χ0) is 14.9. The number of aliphatic carboxylic acids is 1. The van der Waals surface area contributed by atoms with Crippen LogP contribution in [0.25, 0.3) is 0 Å². The van der Waals surface area contributed by atoms with Crippen molar-refractivity contribution in [3.05, 3.63) is 32.8 Å². The van der Waals surface area contributed by atoms with E-state index in [1.165, 1.54) is 6.07 Å². The van der Waals surface area contributed by atoms with Crippen LogP contribution >= 0.6 is 15.9 Å². The lowest BCUT2D eigenvalue weighted by Crippen LogP contribution is -2.50. The second kappa shape index (κ2) is 5.40. The molecule has 0 aliphatic carbocycles. The quantitative estimate of drug-likeness (QED) is 0.670. The summed E-state index contributed by atoms with van der Waals surface area (Å²) in [5, 5.41) is 20.7. The molecule has 1 fully saturated rings. The Kier molecular flexibility index (Phi) is 3.99. The molecule has 6 nitrogen and oxygen atoms in total. The standard InChI is InChI=1S/C13H15BrN2O4/c1-2-13(12(17)18)6-3-7-15(13)11-8-9(14)4-5-10(11)16(19)20/h4-5,8H,2-3,6-7H2,1H3,(H,17,18). The number of carboxylic acid groups (broad SMARTS) is 1. The Balaban J connectivity index is 2.57. The highest BCUT2D eigenvalue weighted by Gasteiger charge is 2.48. The van der Waals surface area contributed by atoms with Crippen molar-refractivity contribution in [2.24, 2.45) is 0 Å². The highest BCUT2D eigenvalue weighted by molar-refractivity contribution is 9.10. The average molecular weight is 343 g/mol. The molecule has 1 aromatic carbocycles. The van der Waals surface area contributed by atoms with Crippen molar-refractivity contribution in [2.45, 2.75) is 31.7 Å². The third-order valence-corrected chi connectivity index (χ3v) is 4.39. The zero-order valence-corrected chi connectivity index (χ0v) is 12.6. The fraction of sp³-hybridized carbons (Fsp3) is 0.462. The van der Waals surface area contributed by atoms with Gasteiger partial charge in [0.15, 0.2) is 0 Å². The minimum absolute atomic E-state index is 0.0609. The summed E-state index contributed by atoms with van der Waals surface area (Å²) in [5.41, 5.74) is -0.744. The van der Waals surface area contributed by atoms with Crippen molar-refractivity contribution >= 4 is 33.3 Å². The van der Waals surface area contributed by atoms with Gasteiger partial charge < -0.3 is 10.0 Å². The molecule has 2 rings (SSSR count). The number of carboxylic acids is 1. The lowest BCUT2D eigenvalue weighted by Gasteiger charge is -2.35. The minimum Gasteiger partial charge on any atom is -0.479 e. The van der Waals surface area contributed by atoms with E-state index in [0.717, 1.165) is 0 Å². The molecule has 0 spiro atoms. The van der Waals surface area contributed by atoms with E-state index in [4.69, 9.17) is 0 Å². The number of anilines is 1. The van der Waals surface area contributed by atoms with E-state index in [-0.39, 0.29) is 5.69 Å². The lowest BCUT2D eigenvalue weighted by atomic mass is 9.92. The Morgan fingerprint density at radius 2 is 2.30 bits per heavy atom. The molecule has 108 valence electrons. The predicted octanol–water partition coefficient (Wildman–Crippen LogP) is 3.19. The summed E-state index contributed by atoms with van der Waals surface area (Å²) in [6.45, 7) is 2.31. The lowest BCUT2D eigenvalue weighted by molar-refractivity contribution is -0.384. The molecular formula is C13H15BrN2O4. The summed E-state index contributed by atoms with van der Waals surface area (Å²) in [7, 11) is 0. The first-order valence-electron chi connectivity index (χ1n) is 6.37. The molecule has 1 N–H and O–H groups in total. The molecule has 1 aliphatic rings. The number of nitrogens with zero attached hydrogens (tertiary/aromatic N) is 2. The molecule has 0 saturated carbocycles. The molecule has 0 aromatic heterocycles. The number of benzene rings is 1. The van der Waals surface area contributed by atoms with Crippen molar-refractivity contribution in [1.82, 2.24) is 0 Å². The highest BCUT2D eigenvalue weighted by Crippen LogP contribution is 2.42. The Morgan fingerprint density at radius 3 is 2.85 bits per heavy atom. The van der Waals surface area contributed by atoms with E-state index in [1.807, 2.05) is 0 Å². The second-order valence-electron chi connectivity index (χ2n) is 4.84. The molecule has 0 radical (unpaired) electrons. The van der Waals surface area contributed by atoms with Crippen LogP contribution in [-0.4, -0.2) is 28.1 Å². The number of carbonyl (C=O) groups is 1. The van der Waals surface area contributed by atoms with E-state index in [9.17, 15) is 20.0 Å². The number of nitro groups is 1. The van der Waals surface area contributed by atoms with Gasteiger partial charge in [0.2, 0.25) is 0 Å². The summed E-state index contributed by atoms with van der Waals surface area (Å²) in [6, 6.07) is 4.61. The van der Waals surface area contributed by atoms with Crippen LogP contribution in [0.2, 0.25) is 0 Å². The monoisotopic (exact) mass is 342 g/mol. The van der Waals surface area contributed by atoms with Crippen molar-refractivity contribution in [1.29, 1.82) is 0 Å². The van der Waals surface area contributed by atoms with Crippen LogP contribution in [0.1, 0.15) is 26.2 Å². The van der Waals surface area contributed by atoms with Crippen molar-refractivity contribution in [3.63, 3.8) is 0 Å². The van der Waals surface area contributed by atoms with Crippen molar-refractivity contribution in [2.75, 3.05) is 11.4 Å². The molecule has 1 unspecified atom stereocenters. The van der Waals surface area contributed by atoms with Crippen LogP contribution < -0.4 is 4.90 Å². The van der Waals surface area contributed by atoms with E-state index in [2.05, 4.69) is 15.9 Å². The fourth-order valence-corrected chi connectivity index (χ4v) is 3.19. The Morgan fingerprint density at radius 1 is 1.60 bits per heavy atom. The fourth-order valence-electron chi connectivity index (χ4n) is 2.84. The number of rotatable bonds is 4. The van der Waals surface area contributed by atoms with E-state index < -0.39 is 16.4 Å². The summed E-state index contributed by atoms with van der Waals surface area (Å²) >= 11 is 3.29. The SMILES string of the molecule is CCC1(C(=O)O)CCCN1c1cc(Br)ccc1[N+](=O)[O-]. The molecule has 1 saturated heterocycles. The van der Waals surface area contributed by atoms with Crippen LogP contribution in [0, 0.1) is 10.1 Å². The molecule has 1 aromatic rings. The van der Waals surface area contributed by atoms with Crippen molar-refractivity contribution in [3.8, 4) is 0 Å². The maximum atomic E-state index is 11.7. The number of halogens is 1. The maximum Gasteiger partial charge on any atom is 0.329 e. The first-order chi connectivity index (χ1) is 9.42. The minimum atomic E-state index is -1.05. The van der Waals surface area contributed by atoms with E-state index >= 15 is 0 Å². The molecule has 1 aliphatic heterocycles. The van der Waals surface area contributed by atoms with Gasteiger partial charge in [-0.2, -0.15) is 0 Å². The van der Waals surface area contributed by atoms with Crippen LogP contribution in [0.4, 0.5) is 11.4 Å². The summed E-state index contributed by atoms with van der Waals surface area (Å²) < 4.78 is 0.695. The molecule has 7 heteroatoms. The number of nitro benzene ring substituents is 1. The molecule has 0 amide bonds. The molecular weight excluding hydrogens is 328 g/mol. The summed E-state index contributed by atoms with van der Waals surface area (Å²) in [4.78, 5) is 24.1. The van der Waals surface area contributed by atoms with Gasteiger partial charge >= 0.3 is 5.97 Å². The van der Waals surface area contributed by atoms with Gasteiger partial charge in [0.1, 0.15) is 11.2 Å². The molecule has 20 heavy (non-hydrogen) atoms. The first-order valence-corrected chi connectivity index (χ1v) is 7.16.